The van der Waals surface area contributed by atoms with Crippen molar-refractivity contribution >= 4 is 0 Å². The number of hydrogen-bond acceptors (Lipinski definition) is 2. The van der Waals surface area contributed by atoms with Gasteiger partial charge in [-0.1, -0.05) is 12.1 Å². The van der Waals surface area contributed by atoms with Crippen LogP contribution >= 0.6 is 0 Å². The predicted octanol–water partition coefficient (Wildman–Crippen LogP) is 1.88. The van der Waals surface area contributed by atoms with Crippen LogP contribution in [0.15, 0.2) is 30.9 Å². The van der Waals surface area contributed by atoms with E-state index in [1.807, 2.05) is 4.57 Å². The number of aryl methyl sites for hydroxylation is 2. The minimum absolute atomic E-state index is 1.14. The van der Waals surface area contributed by atoms with Gasteiger partial charge in [0.2, 0.25) is 0 Å². The van der Waals surface area contributed by atoms with E-state index in [9.17, 15) is 0 Å². The van der Waals surface area contributed by atoms with Crippen LogP contribution < -0.4 is 0 Å². The molecule has 3 nitrogen and oxygen atoms in total. The van der Waals surface area contributed by atoms with E-state index >= 15 is 0 Å². The summed E-state index contributed by atoms with van der Waals surface area (Å²) >= 11 is 0. The standard InChI is InChI=1S/C10H11N3/c1-8-3-4-9(2)10(5-8)13-6-11-12-7-13/h3-7H,1-2H3. The highest BCUT2D eigenvalue weighted by Crippen LogP contribution is 2.14. The second kappa shape index (κ2) is 3.01. The molecule has 0 radical (unpaired) electrons. The molecule has 0 saturated carbocycles. The molecule has 0 unspecified atom stereocenters. The maximum atomic E-state index is 3.78. The first-order valence-electron chi connectivity index (χ1n) is 4.19. The molecule has 2 aromatic rings. The summed E-state index contributed by atoms with van der Waals surface area (Å²) in [4.78, 5) is 0. The molecule has 0 amide bonds. The maximum Gasteiger partial charge on any atom is 0.123 e. The van der Waals surface area contributed by atoms with Crippen LogP contribution in [0, 0.1) is 13.8 Å². The van der Waals surface area contributed by atoms with Crippen molar-refractivity contribution in [3.05, 3.63) is 42.0 Å². The SMILES string of the molecule is Cc1ccc(C)c(-n2cnnc2)c1. The van der Waals surface area contributed by atoms with E-state index in [0.717, 1.165) is 5.69 Å². The van der Waals surface area contributed by atoms with Crippen LogP contribution in [0.2, 0.25) is 0 Å². The van der Waals surface area contributed by atoms with Gasteiger partial charge < -0.3 is 0 Å². The van der Waals surface area contributed by atoms with Crippen molar-refractivity contribution in [1.29, 1.82) is 0 Å². The van der Waals surface area contributed by atoms with E-state index in [4.69, 9.17) is 0 Å². The van der Waals surface area contributed by atoms with E-state index in [0.29, 0.717) is 0 Å². The highest BCUT2D eigenvalue weighted by Gasteiger charge is 1.99. The summed E-state index contributed by atoms with van der Waals surface area (Å²) in [6, 6.07) is 6.33. The van der Waals surface area contributed by atoms with Gasteiger partial charge in [0.15, 0.2) is 0 Å². The van der Waals surface area contributed by atoms with E-state index < -0.39 is 0 Å². The third-order valence-electron chi connectivity index (χ3n) is 2.06. The zero-order chi connectivity index (χ0) is 9.26. The first-order chi connectivity index (χ1) is 6.27. The Bertz CT molecular complexity index is 404. The second-order valence-electron chi connectivity index (χ2n) is 3.16. The molecular weight excluding hydrogens is 162 g/mol. The second-order valence-corrected chi connectivity index (χ2v) is 3.16. The fraction of sp³-hybridized carbons (Fsp3) is 0.200. The van der Waals surface area contributed by atoms with Crippen LogP contribution in [0.25, 0.3) is 5.69 Å². The number of aromatic nitrogens is 3. The average Bonchev–Trinajstić information content (AvgIpc) is 2.61. The van der Waals surface area contributed by atoms with E-state index in [-0.39, 0.29) is 0 Å². The number of benzene rings is 1. The minimum atomic E-state index is 1.14. The lowest BCUT2D eigenvalue weighted by Gasteiger charge is -2.06. The molecule has 0 saturated heterocycles. The molecular formula is C10H11N3. The number of hydrogen-bond donors (Lipinski definition) is 0. The molecule has 0 aliphatic heterocycles. The molecule has 0 fully saturated rings. The van der Waals surface area contributed by atoms with Crippen LogP contribution in [-0.2, 0) is 0 Å². The van der Waals surface area contributed by atoms with E-state index in [1.54, 1.807) is 12.7 Å². The van der Waals surface area contributed by atoms with Gasteiger partial charge >= 0.3 is 0 Å². The van der Waals surface area contributed by atoms with Crippen LogP contribution in [-0.4, -0.2) is 14.8 Å². The van der Waals surface area contributed by atoms with Crippen molar-refractivity contribution in [2.75, 3.05) is 0 Å². The zero-order valence-electron chi connectivity index (χ0n) is 7.73. The van der Waals surface area contributed by atoms with E-state index in [2.05, 4.69) is 42.2 Å². The van der Waals surface area contributed by atoms with Crippen LogP contribution in [0.1, 0.15) is 11.1 Å². The van der Waals surface area contributed by atoms with Gasteiger partial charge in [0.25, 0.3) is 0 Å². The van der Waals surface area contributed by atoms with Gasteiger partial charge in [-0.2, -0.15) is 0 Å². The van der Waals surface area contributed by atoms with Gasteiger partial charge in [-0.3, -0.25) is 4.57 Å². The van der Waals surface area contributed by atoms with Crippen LogP contribution in [0.3, 0.4) is 0 Å². The van der Waals surface area contributed by atoms with E-state index in [1.165, 1.54) is 11.1 Å². The average molecular weight is 173 g/mol. The fourth-order valence-electron chi connectivity index (χ4n) is 1.32. The Kier molecular flexibility index (Phi) is 1.85. The third kappa shape index (κ3) is 1.45. The first-order valence-corrected chi connectivity index (χ1v) is 4.19. The van der Waals surface area contributed by atoms with Crippen molar-refractivity contribution in [3.8, 4) is 5.69 Å². The Balaban J connectivity index is 2.57. The predicted molar refractivity (Wildman–Crippen MR) is 50.8 cm³/mol. The highest BCUT2D eigenvalue weighted by atomic mass is 15.2. The Morgan fingerprint density at radius 3 is 2.46 bits per heavy atom. The Morgan fingerprint density at radius 2 is 1.77 bits per heavy atom. The van der Waals surface area contributed by atoms with Crippen molar-refractivity contribution in [2.24, 2.45) is 0 Å². The molecule has 1 aromatic heterocycles. The van der Waals surface area contributed by atoms with Crippen LogP contribution in [0.4, 0.5) is 0 Å². The Labute approximate surface area is 77.0 Å². The minimum Gasteiger partial charge on any atom is -0.288 e. The Hall–Kier alpha value is -1.64. The summed E-state index contributed by atoms with van der Waals surface area (Å²) in [6.07, 6.45) is 3.42. The van der Waals surface area contributed by atoms with Gasteiger partial charge in [-0.15, -0.1) is 10.2 Å². The van der Waals surface area contributed by atoms with Crippen molar-refractivity contribution in [3.63, 3.8) is 0 Å². The lowest BCUT2D eigenvalue weighted by Crippen LogP contribution is -1.94. The van der Waals surface area contributed by atoms with Gasteiger partial charge in [0, 0.05) is 0 Å². The molecule has 0 aliphatic rings. The zero-order valence-corrected chi connectivity index (χ0v) is 7.73. The van der Waals surface area contributed by atoms with Crippen molar-refractivity contribution in [2.45, 2.75) is 13.8 Å². The molecule has 13 heavy (non-hydrogen) atoms. The normalized spacial score (nSPS) is 10.3. The lowest BCUT2D eigenvalue weighted by molar-refractivity contribution is 1.03. The van der Waals surface area contributed by atoms with Crippen LogP contribution in [0.5, 0.6) is 0 Å². The topological polar surface area (TPSA) is 30.7 Å². The summed E-state index contributed by atoms with van der Waals surface area (Å²) in [5.41, 5.74) is 3.62. The quantitative estimate of drug-likeness (QED) is 0.659. The van der Waals surface area contributed by atoms with Gasteiger partial charge in [0.1, 0.15) is 12.7 Å². The molecule has 0 N–H and O–H groups in total. The summed E-state index contributed by atoms with van der Waals surface area (Å²) in [5, 5.41) is 7.56. The largest absolute Gasteiger partial charge is 0.288 e. The summed E-state index contributed by atoms with van der Waals surface area (Å²) in [6.45, 7) is 4.15. The molecule has 2 rings (SSSR count). The lowest BCUT2D eigenvalue weighted by atomic mass is 10.1. The van der Waals surface area contributed by atoms with Crippen molar-refractivity contribution < 1.29 is 0 Å². The monoisotopic (exact) mass is 173 g/mol. The Morgan fingerprint density at radius 1 is 1.08 bits per heavy atom. The fourth-order valence-corrected chi connectivity index (χ4v) is 1.32. The number of nitrogens with zero attached hydrogens (tertiary/aromatic N) is 3. The molecule has 0 spiro atoms. The first kappa shape index (κ1) is 7.98. The van der Waals surface area contributed by atoms with Gasteiger partial charge in [-0.25, -0.2) is 0 Å². The molecule has 0 atom stereocenters. The molecule has 66 valence electrons. The summed E-state index contributed by atoms with van der Waals surface area (Å²) < 4.78 is 1.92. The van der Waals surface area contributed by atoms with Gasteiger partial charge in [-0.05, 0) is 31.0 Å². The maximum absolute atomic E-state index is 3.78. The van der Waals surface area contributed by atoms with Crippen molar-refractivity contribution in [1.82, 2.24) is 14.8 Å². The third-order valence-corrected chi connectivity index (χ3v) is 2.06. The summed E-state index contributed by atoms with van der Waals surface area (Å²) in [7, 11) is 0. The molecule has 0 bridgehead atoms. The molecule has 0 aliphatic carbocycles. The molecule has 1 heterocycles. The summed E-state index contributed by atoms with van der Waals surface area (Å²) in [5.74, 6) is 0. The smallest absolute Gasteiger partial charge is 0.123 e. The van der Waals surface area contributed by atoms with Gasteiger partial charge in [0.05, 0.1) is 5.69 Å². The highest BCUT2D eigenvalue weighted by molar-refractivity contribution is 5.42. The molecule has 3 heteroatoms. The molecule has 1 aromatic carbocycles. The number of rotatable bonds is 1.